The highest BCUT2D eigenvalue weighted by atomic mass is 15.1. The van der Waals surface area contributed by atoms with Gasteiger partial charge in [-0.05, 0) is 49.0 Å². The van der Waals surface area contributed by atoms with Crippen LogP contribution in [-0.2, 0) is 6.54 Å². The molecule has 0 heterocycles. The molecule has 0 aliphatic heterocycles. The van der Waals surface area contributed by atoms with Gasteiger partial charge in [0.05, 0.1) is 0 Å². The van der Waals surface area contributed by atoms with Crippen LogP contribution in [0.5, 0.6) is 0 Å². The molecule has 2 heteroatoms. The molecule has 1 N–H and O–H groups in total. The van der Waals surface area contributed by atoms with Gasteiger partial charge >= 0.3 is 0 Å². The summed E-state index contributed by atoms with van der Waals surface area (Å²) in [6, 6.07) is 9.57. The van der Waals surface area contributed by atoms with Gasteiger partial charge in [0.25, 0.3) is 0 Å². The summed E-state index contributed by atoms with van der Waals surface area (Å²) >= 11 is 0. The molecule has 2 nitrogen and oxygen atoms in total. The molecule has 0 saturated heterocycles. The van der Waals surface area contributed by atoms with Crippen LogP contribution in [0.1, 0.15) is 52.5 Å². The molecule has 1 saturated carbocycles. The summed E-state index contributed by atoms with van der Waals surface area (Å²) in [5.74, 6) is 0. The van der Waals surface area contributed by atoms with Crippen LogP contribution >= 0.6 is 0 Å². The number of rotatable bonds is 6. The molecule has 1 unspecified atom stereocenters. The third-order valence-electron chi connectivity index (χ3n) is 4.83. The van der Waals surface area contributed by atoms with E-state index in [4.69, 9.17) is 0 Å². The van der Waals surface area contributed by atoms with Crippen LogP contribution in [0.25, 0.3) is 0 Å². The maximum Gasteiger partial charge on any atom is 0.0345 e. The normalized spacial score (nSPS) is 21.4. The summed E-state index contributed by atoms with van der Waals surface area (Å²) in [4.78, 5) is 2.46. The van der Waals surface area contributed by atoms with Crippen LogP contribution in [-0.4, -0.2) is 24.0 Å². The second kappa shape index (κ2) is 6.62. The Hall–Kier alpha value is -1.02. The molecule has 0 bridgehead atoms. The van der Waals surface area contributed by atoms with Gasteiger partial charge in [-0.1, -0.05) is 46.2 Å². The van der Waals surface area contributed by atoms with Gasteiger partial charge in [-0.2, -0.15) is 0 Å². The Kier molecular flexibility index (Phi) is 5.09. The minimum absolute atomic E-state index is 0.425. The first kappa shape index (κ1) is 15.4. The van der Waals surface area contributed by atoms with Crippen molar-refractivity contribution in [2.75, 3.05) is 18.4 Å². The van der Waals surface area contributed by atoms with Gasteiger partial charge in [0.2, 0.25) is 0 Å². The standard InChI is InChI=1S/C18H30N2/c1-5-20(6-2)14-15-9-7-10-16(13-15)19-17-11-8-12-18(17,3)4/h7,9-10,13,17,19H,5-6,8,11-12,14H2,1-4H3. The van der Waals surface area contributed by atoms with Crippen molar-refractivity contribution in [2.45, 2.75) is 59.5 Å². The summed E-state index contributed by atoms with van der Waals surface area (Å²) in [5.41, 5.74) is 3.12. The molecule has 0 radical (unpaired) electrons. The van der Waals surface area contributed by atoms with Crippen LogP contribution in [0.3, 0.4) is 0 Å². The fraction of sp³-hybridized carbons (Fsp3) is 0.667. The van der Waals surface area contributed by atoms with Crippen LogP contribution in [0.4, 0.5) is 5.69 Å². The van der Waals surface area contributed by atoms with Gasteiger partial charge < -0.3 is 5.32 Å². The predicted molar refractivity (Wildman–Crippen MR) is 88.1 cm³/mol. The lowest BCUT2D eigenvalue weighted by Gasteiger charge is -2.29. The van der Waals surface area contributed by atoms with Gasteiger partial charge in [0, 0.05) is 18.3 Å². The Morgan fingerprint density at radius 2 is 2.00 bits per heavy atom. The van der Waals surface area contributed by atoms with E-state index in [-0.39, 0.29) is 0 Å². The molecule has 1 aromatic carbocycles. The van der Waals surface area contributed by atoms with Crippen molar-refractivity contribution < 1.29 is 0 Å². The van der Waals surface area contributed by atoms with Gasteiger partial charge in [-0.15, -0.1) is 0 Å². The zero-order valence-electron chi connectivity index (χ0n) is 13.6. The van der Waals surface area contributed by atoms with E-state index in [1.165, 1.54) is 30.5 Å². The third kappa shape index (κ3) is 3.76. The molecule has 1 aliphatic carbocycles. The first-order valence-electron chi connectivity index (χ1n) is 8.13. The Labute approximate surface area is 124 Å². The summed E-state index contributed by atoms with van der Waals surface area (Å²) < 4.78 is 0. The molecule has 112 valence electrons. The topological polar surface area (TPSA) is 15.3 Å². The molecule has 1 fully saturated rings. The summed E-state index contributed by atoms with van der Waals surface area (Å²) in [6.45, 7) is 12.5. The fourth-order valence-electron chi connectivity index (χ4n) is 3.26. The predicted octanol–water partition coefficient (Wildman–Crippen LogP) is 4.52. The van der Waals surface area contributed by atoms with Crippen molar-refractivity contribution in [1.29, 1.82) is 0 Å². The Morgan fingerprint density at radius 1 is 1.25 bits per heavy atom. The van der Waals surface area contributed by atoms with Crippen molar-refractivity contribution in [3.8, 4) is 0 Å². The number of nitrogens with zero attached hydrogens (tertiary/aromatic N) is 1. The Balaban J connectivity index is 2.02. The van der Waals surface area contributed by atoms with E-state index >= 15 is 0 Å². The quantitative estimate of drug-likeness (QED) is 0.820. The van der Waals surface area contributed by atoms with E-state index in [2.05, 4.69) is 62.2 Å². The largest absolute Gasteiger partial charge is 0.382 e. The van der Waals surface area contributed by atoms with E-state index in [1.807, 2.05) is 0 Å². The zero-order valence-corrected chi connectivity index (χ0v) is 13.6. The van der Waals surface area contributed by atoms with Gasteiger partial charge in [0.15, 0.2) is 0 Å². The van der Waals surface area contributed by atoms with Crippen molar-refractivity contribution in [2.24, 2.45) is 5.41 Å². The third-order valence-corrected chi connectivity index (χ3v) is 4.83. The molecule has 1 aromatic rings. The first-order valence-corrected chi connectivity index (χ1v) is 8.13. The fourth-order valence-corrected chi connectivity index (χ4v) is 3.26. The minimum atomic E-state index is 0.425. The van der Waals surface area contributed by atoms with Crippen LogP contribution in [0, 0.1) is 5.41 Å². The molecular weight excluding hydrogens is 244 g/mol. The maximum absolute atomic E-state index is 3.76. The second-order valence-electron chi connectivity index (χ2n) is 6.74. The van der Waals surface area contributed by atoms with E-state index < -0.39 is 0 Å². The van der Waals surface area contributed by atoms with Crippen molar-refractivity contribution in [3.05, 3.63) is 29.8 Å². The molecular formula is C18H30N2. The molecule has 1 atom stereocenters. The first-order chi connectivity index (χ1) is 9.55. The lowest BCUT2D eigenvalue weighted by molar-refractivity contribution is 0.296. The summed E-state index contributed by atoms with van der Waals surface area (Å²) in [6.07, 6.45) is 3.99. The Bertz CT molecular complexity index is 421. The van der Waals surface area contributed by atoms with E-state index in [0.717, 1.165) is 19.6 Å². The zero-order chi connectivity index (χ0) is 14.6. The van der Waals surface area contributed by atoms with Crippen LogP contribution in [0.2, 0.25) is 0 Å². The van der Waals surface area contributed by atoms with Gasteiger partial charge in [-0.25, -0.2) is 0 Å². The number of benzene rings is 1. The summed E-state index contributed by atoms with van der Waals surface area (Å²) in [7, 11) is 0. The van der Waals surface area contributed by atoms with E-state index in [0.29, 0.717) is 11.5 Å². The molecule has 1 aliphatic rings. The minimum Gasteiger partial charge on any atom is -0.382 e. The molecule has 0 amide bonds. The monoisotopic (exact) mass is 274 g/mol. The number of anilines is 1. The highest BCUT2D eigenvalue weighted by Gasteiger charge is 2.34. The van der Waals surface area contributed by atoms with Crippen molar-refractivity contribution in [1.82, 2.24) is 4.90 Å². The van der Waals surface area contributed by atoms with Crippen LogP contribution in [0.15, 0.2) is 24.3 Å². The van der Waals surface area contributed by atoms with E-state index in [1.54, 1.807) is 0 Å². The van der Waals surface area contributed by atoms with Crippen molar-refractivity contribution in [3.63, 3.8) is 0 Å². The van der Waals surface area contributed by atoms with Crippen molar-refractivity contribution >= 4 is 5.69 Å². The highest BCUT2D eigenvalue weighted by Crippen LogP contribution is 2.39. The van der Waals surface area contributed by atoms with E-state index in [9.17, 15) is 0 Å². The molecule has 0 aromatic heterocycles. The average Bonchev–Trinajstić information content (AvgIpc) is 2.76. The number of hydrogen-bond donors (Lipinski definition) is 1. The van der Waals surface area contributed by atoms with Gasteiger partial charge in [0.1, 0.15) is 0 Å². The summed E-state index contributed by atoms with van der Waals surface area (Å²) in [5, 5.41) is 3.76. The molecule has 2 rings (SSSR count). The Morgan fingerprint density at radius 3 is 2.60 bits per heavy atom. The molecule has 0 spiro atoms. The molecule has 20 heavy (non-hydrogen) atoms. The number of hydrogen-bond acceptors (Lipinski definition) is 2. The lowest BCUT2D eigenvalue weighted by atomic mass is 9.87. The van der Waals surface area contributed by atoms with Gasteiger partial charge in [-0.3, -0.25) is 4.90 Å². The highest BCUT2D eigenvalue weighted by molar-refractivity contribution is 5.47. The second-order valence-corrected chi connectivity index (χ2v) is 6.74. The average molecular weight is 274 g/mol. The number of nitrogens with one attached hydrogen (secondary N) is 1. The SMILES string of the molecule is CCN(CC)Cc1cccc(NC2CCCC2(C)C)c1. The maximum atomic E-state index is 3.76. The smallest absolute Gasteiger partial charge is 0.0345 e. The lowest BCUT2D eigenvalue weighted by Crippen LogP contribution is -2.30. The van der Waals surface area contributed by atoms with Crippen LogP contribution < -0.4 is 5.32 Å².